The largest absolute Gasteiger partial charge is 0.497 e. The van der Waals surface area contributed by atoms with Crippen molar-refractivity contribution in [3.8, 4) is 16.9 Å². The molecule has 0 saturated heterocycles. The van der Waals surface area contributed by atoms with Crippen LogP contribution in [0.5, 0.6) is 5.75 Å². The quantitative estimate of drug-likeness (QED) is 0.543. The first-order chi connectivity index (χ1) is 12.0. The van der Waals surface area contributed by atoms with Gasteiger partial charge in [0.15, 0.2) is 0 Å². The van der Waals surface area contributed by atoms with Gasteiger partial charge in [0.05, 0.1) is 23.2 Å². The van der Waals surface area contributed by atoms with Gasteiger partial charge in [-0.05, 0) is 50.2 Å². The number of nitrogens with one attached hydrogen (secondary N) is 1. The van der Waals surface area contributed by atoms with Crippen LogP contribution in [0.15, 0.2) is 47.5 Å². The van der Waals surface area contributed by atoms with Crippen molar-refractivity contribution in [2.24, 2.45) is 4.99 Å². The monoisotopic (exact) mass is 388 g/mol. The third-order valence-corrected chi connectivity index (χ3v) is 7.07. The number of ether oxygens (including phenoxy) is 1. The summed E-state index contributed by atoms with van der Waals surface area (Å²) in [6.45, 7) is 4.40. The molecule has 0 spiro atoms. The van der Waals surface area contributed by atoms with Gasteiger partial charge in [-0.2, -0.15) is 0 Å². The summed E-state index contributed by atoms with van der Waals surface area (Å²) < 4.78 is 6.43. The van der Waals surface area contributed by atoms with Crippen molar-refractivity contribution in [3.63, 3.8) is 0 Å². The molecular formula is C19H17ClN2OS2. The first kappa shape index (κ1) is 16.6. The fourth-order valence-electron chi connectivity index (χ4n) is 3.01. The first-order valence-corrected chi connectivity index (χ1v) is 10.4. The van der Waals surface area contributed by atoms with E-state index in [1.807, 2.05) is 30.3 Å². The summed E-state index contributed by atoms with van der Waals surface area (Å²) in [4.78, 5) is 6.16. The predicted octanol–water partition coefficient (Wildman–Crippen LogP) is 6.03. The van der Waals surface area contributed by atoms with Gasteiger partial charge < -0.3 is 10.1 Å². The minimum atomic E-state index is -0.139. The maximum atomic E-state index is 6.11. The van der Waals surface area contributed by atoms with E-state index >= 15 is 0 Å². The highest BCUT2D eigenvalue weighted by atomic mass is 35.5. The Balaban J connectivity index is 1.98. The zero-order chi connectivity index (χ0) is 17.6. The highest BCUT2D eigenvalue weighted by Crippen LogP contribution is 2.46. The van der Waals surface area contributed by atoms with E-state index in [0.717, 1.165) is 27.4 Å². The molecule has 0 amide bonds. The van der Waals surface area contributed by atoms with E-state index in [1.165, 1.54) is 10.4 Å². The van der Waals surface area contributed by atoms with E-state index in [4.69, 9.17) is 21.3 Å². The highest BCUT2D eigenvalue weighted by molar-refractivity contribution is 7.68. The van der Waals surface area contributed by atoms with E-state index in [0.29, 0.717) is 5.02 Å². The average molecular weight is 389 g/mol. The zero-order valence-corrected chi connectivity index (χ0v) is 16.5. The van der Waals surface area contributed by atoms with Crippen LogP contribution < -0.4 is 14.7 Å². The normalized spacial score (nSPS) is 15.3. The Labute approximate surface area is 159 Å². The average Bonchev–Trinajstić information content (AvgIpc) is 2.99. The summed E-state index contributed by atoms with van der Waals surface area (Å²) >= 11 is 6.11. The van der Waals surface area contributed by atoms with Gasteiger partial charge in [0.25, 0.3) is 0 Å². The minimum absolute atomic E-state index is 0.139. The molecule has 128 valence electrons. The van der Waals surface area contributed by atoms with Crippen LogP contribution in [0.1, 0.15) is 18.7 Å². The summed E-state index contributed by atoms with van der Waals surface area (Å²) in [5.41, 5.74) is 4.15. The molecule has 1 aliphatic heterocycles. The SMILES string of the molecule is COc1ccc2c(c1)-c1c(ssc1=Nc1cccc(Cl)c1)C(C)(C)N2. The number of rotatable bonds is 2. The molecule has 0 unspecified atom stereocenters. The van der Waals surface area contributed by atoms with Gasteiger partial charge in [0, 0.05) is 21.8 Å². The van der Waals surface area contributed by atoms with Crippen LogP contribution in [0, 0.1) is 0 Å². The number of halogens is 1. The fourth-order valence-corrected chi connectivity index (χ4v) is 6.14. The smallest absolute Gasteiger partial charge is 0.135 e. The second-order valence-electron chi connectivity index (χ2n) is 6.43. The second-order valence-corrected chi connectivity index (χ2v) is 8.99. The molecule has 25 heavy (non-hydrogen) atoms. The zero-order valence-electron chi connectivity index (χ0n) is 14.1. The molecule has 0 saturated carbocycles. The van der Waals surface area contributed by atoms with Gasteiger partial charge in [-0.25, -0.2) is 4.99 Å². The molecule has 2 heterocycles. The fraction of sp³-hybridized carbons (Fsp3) is 0.211. The first-order valence-electron chi connectivity index (χ1n) is 7.88. The van der Waals surface area contributed by atoms with E-state index in [-0.39, 0.29) is 5.54 Å². The van der Waals surface area contributed by atoms with Gasteiger partial charge in [0.1, 0.15) is 10.4 Å². The number of hydrogen-bond donors (Lipinski definition) is 1. The lowest BCUT2D eigenvalue weighted by atomic mass is 9.90. The maximum absolute atomic E-state index is 6.11. The molecule has 6 heteroatoms. The van der Waals surface area contributed by atoms with E-state index in [2.05, 4.69) is 31.3 Å². The molecule has 3 aromatic rings. The van der Waals surface area contributed by atoms with Crippen LogP contribution in [0.3, 0.4) is 0 Å². The molecule has 2 aromatic carbocycles. The molecule has 4 rings (SSSR count). The van der Waals surface area contributed by atoms with Crippen molar-refractivity contribution in [2.75, 3.05) is 12.4 Å². The number of anilines is 1. The number of benzene rings is 2. The summed E-state index contributed by atoms with van der Waals surface area (Å²) in [5.74, 6) is 0.844. The van der Waals surface area contributed by atoms with Crippen molar-refractivity contribution in [1.82, 2.24) is 0 Å². The van der Waals surface area contributed by atoms with Crippen molar-refractivity contribution in [3.05, 3.63) is 57.0 Å². The van der Waals surface area contributed by atoms with Crippen molar-refractivity contribution in [2.45, 2.75) is 19.4 Å². The summed E-state index contributed by atoms with van der Waals surface area (Å²) in [7, 11) is 5.16. The minimum Gasteiger partial charge on any atom is -0.497 e. The van der Waals surface area contributed by atoms with Gasteiger partial charge in [-0.15, -0.1) is 0 Å². The predicted molar refractivity (Wildman–Crippen MR) is 108 cm³/mol. The second kappa shape index (κ2) is 6.16. The van der Waals surface area contributed by atoms with Gasteiger partial charge in [-0.3, -0.25) is 0 Å². The lowest BCUT2D eigenvalue weighted by Gasteiger charge is -2.33. The van der Waals surface area contributed by atoms with Gasteiger partial charge in [-0.1, -0.05) is 38.3 Å². The molecule has 0 atom stereocenters. The molecule has 0 bridgehead atoms. The Morgan fingerprint density at radius 1 is 1.12 bits per heavy atom. The number of nitrogens with zero attached hydrogens (tertiary/aromatic N) is 1. The van der Waals surface area contributed by atoms with E-state index in [9.17, 15) is 0 Å². The van der Waals surface area contributed by atoms with Crippen LogP contribution in [-0.4, -0.2) is 7.11 Å². The van der Waals surface area contributed by atoms with Crippen LogP contribution in [0.2, 0.25) is 5.02 Å². The molecule has 3 nitrogen and oxygen atoms in total. The molecule has 1 N–H and O–H groups in total. The molecule has 1 aromatic heterocycles. The molecule has 0 fully saturated rings. The van der Waals surface area contributed by atoms with Crippen LogP contribution >= 0.6 is 32.3 Å². The van der Waals surface area contributed by atoms with Crippen LogP contribution in [0.25, 0.3) is 11.1 Å². The molecule has 1 aliphatic rings. The van der Waals surface area contributed by atoms with Gasteiger partial charge in [0.2, 0.25) is 0 Å². The Kier molecular flexibility index (Phi) is 4.10. The third-order valence-electron chi connectivity index (χ3n) is 4.19. The lowest BCUT2D eigenvalue weighted by molar-refractivity contribution is 0.415. The number of methoxy groups -OCH3 is 1. The molecule has 0 aliphatic carbocycles. The Hall–Kier alpha value is -1.82. The van der Waals surface area contributed by atoms with E-state index in [1.54, 1.807) is 27.8 Å². The molecule has 0 radical (unpaired) electrons. The summed E-state index contributed by atoms with van der Waals surface area (Å²) in [5, 5.41) is 4.32. The number of fused-ring (bicyclic) bond motifs is 3. The van der Waals surface area contributed by atoms with Crippen molar-refractivity contribution < 1.29 is 4.74 Å². The topological polar surface area (TPSA) is 33.6 Å². The Morgan fingerprint density at radius 2 is 1.96 bits per heavy atom. The molecular weight excluding hydrogens is 372 g/mol. The third kappa shape index (κ3) is 2.97. The van der Waals surface area contributed by atoms with Crippen molar-refractivity contribution >= 4 is 43.7 Å². The van der Waals surface area contributed by atoms with E-state index < -0.39 is 0 Å². The highest BCUT2D eigenvalue weighted by Gasteiger charge is 2.33. The Bertz CT molecular complexity index is 1020. The maximum Gasteiger partial charge on any atom is 0.135 e. The number of hydrogen-bond acceptors (Lipinski definition) is 5. The van der Waals surface area contributed by atoms with Gasteiger partial charge >= 0.3 is 0 Å². The summed E-state index contributed by atoms with van der Waals surface area (Å²) in [6, 6.07) is 13.8. The lowest BCUT2D eigenvalue weighted by Crippen LogP contribution is -2.31. The van der Waals surface area contributed by atoms with Crippen LogP contribution in [-0.2, 0) is 5.54 Å². The summed E-state index contributed by atoms with van der Waals surface area (Å²) in [6.07, 6.45) is 0. The van der Waals surface area contributed by atoms with Crippen molar-refractivity contribution in [1.29, 1.82) is 0 Å². The standard InChI is InChI=1S/C19H17ClN2OS2/c1-19(2)17-16(14-10-13(23-3)7-8-15(14)22-19)18(25-24-17)21-12-6-4-5-11(20)9-12/h4-10,22H,1-3H3. The Morgan fingerprint density at radius 3 is 2.72 bits per heavy atom. The van der Waals surface area contributed by atoms with Crippen LogP contribution in [0.4, 0.5) is 11.4 Å².